The maximum absolute atomic E-state index is 12.5. The molecule has 4 rings (SSSR count). The molecule has 8 heteroatoms. The number of rotatable bonds is 6. The van der Waals surface area contributed by atoms with Crippen molar-refractivity contribution in [1.82, 2.24) is 4.98 Å². The van der Waals surface area contributed by atoms with Crippen molar-refractivity contribution in [2.45, 2.75) is 13.3 Å². The zero-order valence-corrected chi connectivity index (χ0v) is 18.3. The molecule has 2 heterocycles. The highest BCUT2D eigenvalue weighted by Crippen LogP contribution is 2.35. The van der Waals surface area contributed by atoms with E-state index in [1.165, 1.54) is 16.2 Å². The number of thiazole rings is 1. The molecule has 0 spiro atoms. The number of halogens is 1. The Morgan fingerprint density at radius 2 is 1.87 bits per heavy atom. The number of carbonyl (C=O) groups is 3. The van der Waals surface area contributed by atoms with E-state index in [0.717, 1.165) is 16.1 Å². The SMILES string of the molecule is Cc1sc(N2CC(C(=O)OCC(=O)c3ccc(Cl)cc3)CC2=O)nc1-c1ccccc1. The molecule has 6 nitrogen and oxygen atoms in total. The highest BCUT2D eigenvalue weighted by molar-refractivity contribution is 7.16. The molecule has 1 atom stereocenters. The third kappa shape index (κ3) is 4.68. The fourth-order valence-electron chi connectivity index (χ4n) is 3.39. The van der Waals surface area contributed by atoms with Crippen molar-refractivity contribution in [2.24, 2.45) is 5.92 Å². The lowest BCUT2D eigenvalue weighted by molar-refractivity contribution is -0.147. The van der Waals surface area contributed by atoms with Gasteiger partial charge in [-0.05, 0) is 31.2 Å². The van der Waals surface area contributed by atoms with Crippen molar-refractivity contribution >= 4 is 45.7 Å². The lowest BCUT2D eigenvalue weighted by Gasteiger charge is -2.12. The maximum Gasteiger partial charge on any atom is 0.311 e. The quantitative estimate of drug-likeness (QED) is 0.403. The van der Waals surface area contributed by atoms with Crippen LogP contribution in [-0.4, -0.2) is 35.8 Å². The van der Waals surface area contributed by atoms with E-state index in [2.05, 4.69) is 4.98 Å². The lowest BCUT2D eigenvalue weighted by atomic mass is 10.1. The lowest BCUT2D eigenvalue weighted by Crippen LogP contribution is -2.27. The van der Waals surface area contributed by atoms with E-state index in [9.17, 15) is 14.4 Å². The van der Waals surface area contributed by atoms with E-state index in [1.54, 1.807) is 24.3 Å². The molecule has 31 heavy (non-hydrogen) atoms. The summed E-state index contributed by atoms with van der Waals surface area (Å²) >= 11 is 7.23. The van der Waals surface area contributed by atoms with Crippen LogP contribution in [0.5, 0.6) is 0 Å². The van der Waals surface area contributed by atoms with Crippen LogP contribution in [0.3, 0.4) is 0 Å². The molecule has 158 valence electrons. The molecule has 0 aliphatic carbocycles. The van der Waals surface area contributed by atoms with Gasteiger partial charge in [0.2, 0.25) is 5.91 Å². The fraction of sp³-hybridized carbons (Fsp3) is 0.217. The number of amides is 1. The van der Waals surface area contributed by atoms with Gasteiger partial charge in [0, 0.05) is 34.0 Å². The third-order valence-electron chi connectivity index (χ3n) is 5.03. The van der Waals surface area contributed by atoms with Crippen LogP contribution >= 0.6 is 22.9 Å². The van der Waals surface area contributed by atoms with Gasteiger partial charge in [-0.2, -0.15) is 0 Å². The van der Waals surface area contributed by atoms with Crippen molar-refractivity contribution in [1.29, 1.82) is 0 Å². The minimum absolute atomic E-state index is 0.0350. The topological polar surface area (TPSA) is 76.6 Å². The average Bonchev–Trinajstić information content (AvgIpc) is 3.35. The number of carbonyl (C=O) groups excluding carboxylic acids is 3. The van der Waals surface area contributed by atoms with E-state index in [1.807, 2.05) is 37.3 Å². The summed E-state index contributed by atoms with van der Waals surface area (Å²) in [7, 11) is 0. The number of esters is 1. The Morgan fingerprint density at radius 1 is 1.16 bits per heavy atom. The monoisotopic (exact) mass is 454 g/mol. The van der Waals surface area contributed by atoms with Crippen molar-refractivity contribution in [3.8, 4) is 11.3 Å². The van der Waals surface area contributed by atoms with Crippen LogP contribution in [-0.2, 0) is 14.3 Å². The molecule has 1 saturated heterocycles. The molecule has 0 saturated carbocycles. The van der Waals surface area contributed by atoms with Crippen molar-refractivity contribution < 1.29 is 19.1 Å². The number of hydrogen-bond acceptors (Lipinski definition) is 6. The molecule has 1 unspecified atom stereocenters. The second-order valence-electron chi connectivity index (χ2n) is 7.21. The minimum atomic E-state index is -0.630. The molecular formula is C23H19ClN2O4S. The van der Waals surface area contributed by atoms with Crippen molar-refractivity contribution in [3.05, 3.63) is 70.1 Å². The summed E-state index contributed by atoms with van der Waals surface area (Å²) < 4.78 is 5.19. The largest absolute Gasteiger partial charge is 0.457 e. The van der Waals surface area contributed by atoms with Crippen LogP contribution in [0.2, 0.25) is 5.02 Å². The highest BCUT2D eigenvalue weighted by Gasteiger charge is 2.38. The Morgan fingerprint density at radius 3 is 2.58 bits per heavy atom. The molecule has 0 radical (unpaired) electrons. The van der Waals surface area contributed by atoms with Gasteiger partial charge in [0.15, 0.2) is 17.5 Å². The summed E-state index contributed by atoms with van der Waals surface area (Å²) in [5.74, 6) is -1.70. The Kier molecular flexibility index (Phi) is 6.15. The molecule has 1 aliphatic rings. The minimum Gasteiger partial charge on any atom is -0.457 e. The van der Waals surface area contributed by atoms with Crippen LogP contribution in [0, 0.1) is 12.8 Å². The molecular weight excluding hydrogens is 436 g/mol. The first-order chi connectivity index (χ1) is 14.9. The van der Waals surface area contributed by atoms with Gasteiger partial charge in [-0.3, -0.25) is 19.3 Å². The predicted molar refractivity (Wildman–Crippen MR) is 119 cm³/mol. The van der Waals surface area contributed by atoms with E-state index < -0.39 is 11.9 Å². The Labute approximate surface area is 188 Å². The van der Waals surface area contributed by atoms with Gasteiger partial charge in [0.1, 0.15) is 0 Å². The van der Waals surface area contributed by atoms with Crippen LogP contribution in [0.15, 0.2) is 54.6 Å². The van der Waals surface area contributed by atoms with Gasteiger partial charge < -0.3 is 4.74 Å². The van der Waals surface area contributed by atoms with Crippen molar-refractivity contribution in [2.75, 3.05) is 18.1 Å². The second-order valence-corrected chi connectivity index (χ2v) is 8.83. The first kappa shape index (κ1) is 21.2. The van der Waals surface area contributed by atoms with E-state index in [-0.39, 0.29) is 31.3 Å². The molecule has 1 aromatic heterocycles. The number of Topliss-reactive ketones (excluding diaryl/α,β-unsaturated/α-hetero) is 1. The Bertz CT molecular complexity index is 1130. The maximum atomic E-state index is 12.5. The number of anilines is 1. The molecule has 2 aromatic carbocycles. The summed E-state index contributed by atoms with van der Waals surface area (Å²) in [4.78, 5) is 44.4. The zero-order valence-electron chi connectivity index (χ0n) is 16.7. The Hall–Kier alpha value is -3.03. The molecule has 1 fully saturated rings. The van der Waals surface area contributed by atoms with Gasteiger partial charge in [0.25, 0.3) is 0 Å². The number of ketones is 1. The smallest absolute Gasteiger partial charge is 0.311 e. The molecule has 1 amide bonds. The van der Waals surface area contributed by atoms with Crippen LogP contribution < -0.4 is 4.90 Å². The normalized spacial score (nSPS) is 15.9. The summed E-state index contributed by atoms with van der Waals surface area (Å²) in [5, 5.41) is 1.08. The van der Waals surface area contributed by atoms with Gasteiger partial charge in [-0.25, -0.2) is 4.98 Å². The average molecular weight is 455 g/mol. The van der Waals surface area contributed by atoms with Gasteiger partial charge in [-0.15, -0.1) is 11.3 Å². The van der Waals surface area contributed by atoms with E-state index in [4.69, 9.17) is 16.3 Å². The second kappa shape index (κ2) is 8.99. The summed E-state index contributed by atoms with van der Waals surface area (Å²) in [5.41, 5.74) is 2.21. The standard InChI is InChI=1S/C23H19ClN2O4S/c1-14-21(16-5-3-2-4-6-16)25-23(31-14)26-12-17(11-20(26)28)22(29)30-13-19(27)15-7-9-18(24)10-8-15/h2-10,17H,11-13H2,1H3. The highest BCUT2D eigenvalue weighted by atomic mass is 35.5. The van der Waals surface area contributed by atoms with Gasteiger partial charge in [0.05, 0.1) is 11.6 Å². The summed E-state index contributed by atoms with van der Waals surface area (Å²) in [6, 6.07) is 16.1. The number of hydrogen-bond donors (Lipinski definition) is 0. The van der Waals surface area contributed by atoms with Crippen molar-refractivity contribution in [3.63, 3.8) is 0 Å². The van der Waals surface area contributed by atoms with Crippen LogP contribution in [0.1, 0.15) is 21.7 Å². The Balaban J connectivity index is 1.39. The summed E-state index contributed by atoms with van der Waals surface area (Å²) in [6.45, 7) is 1.77. The number of aryl methyl sites for hydroxylation is 1. The molecule has 3 aromatic rings. The number of nitrogens with zero attached hydrogens (tertiary/aromatic N) is 2. The number of benzene rings is 2. The van der Waals surface area contributed by atoms with Crippen LogP contribution in [0.4, 0.5) is 5.13 Å². The summed E-state index contributed by atoms with van der Waals surface area (Å²) in [6.07, 6.45) is 0.0350. The zero-order chi connectivity index (χ0) is 22.0. The fourth-order valence-corrected chi connectivity index (χ4v) is 4.47. The third-order valence-corrected chi connectivity index (χ3v) is 6.28. The molecule has 1 aliphatic heterocycles. The molecule has 0 bridgehead atoms. The molecule has 0 N–H and O–H groups in total. The van der Waals surface area contributed by atoms with Crippen LogP contribution in [0.25, 0.3) is 11.3 Å². The van der Waals surface area contributed by atoms with E-state index >= 15 is 0 Å². The predicted octanol–water partition coefficient (Wildman–Crippen LogP) is 4.55. The first-order valence-electron chi connectivity index (χ1n) is 9.71. The van der Waals surface area contributed by atoms with Gasteiger partial charge >= 0.3 is 5.97 Å². The first-order valence-corrected chi connectivity index (χ1v) is 10.9. The van der Waals surface area contributed by atoms with Gasteiger partial charge in [-0.1, -0.05) is 41.9 Å². The number of ether oxygens (including phenoxy) is 1. The van der Waals surface area contributed by atoms with E-state index in [0.29, 0.717) is 15.7 Å². The number of aromatic nitrogens is 1.